The van der Waals surface area contributed by atoms with Gasteiger partial charge in [0.2, 0.25) is 0 Å². The van der Waals surface area contributed by atoms with Crippen molar-refractivity contribution in [2.45, 2.75) is 12.0 Å². The Morgan fingerprint density at radius 3 is 2.08 bits per heavy atom. The monoisotopic (exact) mass is 313 g/mol. The van der Waals surface area contributed by atoms with E-state index in [1.807, 2.05) is 60.7 Å². The Bertz CT molecular complexity index is 857. The van der Waals surface area contributed by atoms with E-state index in [4.69, 9.17) is 0 Å². The summed E-state index contributed by atoms with van der Waals surface area (Å²) in [6.45, 7) is 0. The van der Waals surface area contributed by atoms with Crippen molar-refractivity contribution in [1.29, 1.82) is 0 Å². The van der Waals surface area contributed by atoms with Gasteiger partial charge in [0.05, 0.1) is 12.0 Å². The first-order valence-electron chi connectivity index (χ1n) is 8.23. The van der Waals surface area contributed by atoms with Crippen LogP contribution in [-0.4, -0.2) is 12.8 Å². The maximum absolute atomic E-state index is 13.3. The predicted molar refractivity (Wildman–Crippen MR) is 97.5 cm³/mol. The van der Waals surface area contributed by atoms with Gasteiger partial charge in [0.1, 0.15) is 0 Å². The molecule has 3 aromatic carbocycles. The molecule has 1 heterocycles. The fraction of sp³-hybridized carbons (Fsp3) is 0.136. The zero-order valence-corrected chi connectivity index (χ0v) is 13.6. The third kappa shape index (κ3) is 2.31. The normalized spacial score (nSPS) is 19.1. The van der Waals surface area contributed by atoms with E-state index in [1.165, 1.54) is 5.56 Å². The van der Waals surface area contributed by atoms with Crippen LogP contribution in [0.1, 0.15) is 33.4 Å². The molecule has 0 saturated heterocycles. The number of ketones is 1. The van der Waals surface area contributed by atoms with Crippen molar-refractivity contribution in [2.24, 2.45) is 0 Å². The molecule has 24 heavy (non-hydrogen) atoms. The Labute approximate surface area is 142 Å². The number of rotatable bonds is 3. The molecule has 118 valence electrons. The fourth-order valence-corrected chi connectivity index (χ4v) is 3.75. The third-order valence-electron chi connectivity index (χ3n) is 4.87. The summed E-state index contributed by atoms with van der Waals surface area (Å²) in [4.78, 5) is 15.5. The Kier molecular flexibility index (Phi) is 3.66. The quantitative estimate of drug-likeness (QED) is 0.645. The largest absolute Gasteiger partial charge is 0.366 e. The van der Waals surface area contributed by atoms with E-state index in [9.17, 15) is 4.79 Å². The minimum atomic E-state index is -0.184. The van der Waals surface area contributed by atoms with E-state index in [1.54, 1.807) is 0 Å². The number of carbonyl (C=O) groups excluding carboxylic acids is 1. The number of fused-ring (bicyclic) bond motifs is 1. The second-order valence-electron chi connectivity index (χ2n) is 6.23. The van der Waals surface area contributed by atoms with Crippen LogP contribution in [0.3, 0.4) is 0 Å². The maximum Gasteiger partial charge on any atom is 0.172 e. The average Bonchev–Trinajstić information content (AvgIpc) is 2.95. The van der Waals surface area contributed by atoms with Crippen molar-refractivity contribution in [3.63, 3.8) is 0 Å². The number of para-hydroxylation sites is 1. The fourth-order valence-electron chi connectivity index (χ4n) is 3.75. The molecule has 0 fully saturated rings. The molecule has 2 heteroatoms. The molecule has 0 bridgehead atoms. The number of benzene rings is 3. The van der Waals surface area contributed by atoms with Crippen molar-refractivity contribution in [3.8, 4) is 0 Å². The Hall–Kier alpha value is -2.87. The lowest BCUT2D eigenvalue weighted by atomic mass is 9.84. The highest BCUT2D eigenvalue weighted by Crippen LogP contribution is 2.49. The van der Waals surface area contributed by atoms with Crippen LogP contribution < -0.4 is 4.90 Å². The molecule has 4 rings (SSSR count). The predicted octanol–water partition coefficient (Wildman–Crippen LogP) is 4.84. The van der Waals surface area contributed by atoms with Crippen LogP contribution in [0.4, 0.5) is 5.69 Å². The lowest BCUT2D eigenvalue weighted by molar-refractivity contribution is 0.0951. The van der Waals surface area contributed by atoms with Gasteiger partial charge in [0.25, 0.3) is 0 Å². The summed E-state index contributed by atoms with van der Waals surface area (Å²) in [5.41, 5.74) is 4.20. The van der Waals surface area contributed by atoms with Crippen molar-refractivity contribution >= 4 is 11.5 Å². The highest BCUT2D eigenvalue weighted by atomic mass is 16.1. The minimum absolute atomic E-state index is 0.0244. The maximum atomic E-state index is 13.3. The molecule has 0 saturated carbocycles. The summed E-state index contributed by atoms with van der Waals surface area (Å²) in [6.07, 6.45) is 0. The summed E-state index contributed by atoms with van der Waals surface area (Å²) < 4.78 is 0. The van der Waals surface area contributed by atoms with Crippen LogP contribution in [0.5, 0.6) is 0 Å². The van der Waals surface area contributed by atoms with Gasteiger partial charge >= 0.3 is 0 Å². The van der Waals surface area contributed by atoms with Crippen molar-refractivity contribution in [1.82, 2.24) is 0 Å². The molecule has 0 radical (unpaired) electrons. The molecule has 0 aliphatic carbocycles. The van der Waals surface area contributed by atoms with Crippen LogP contribution in [0.15, 0.2) is 84.9 Å². The van der Waals surface area contributed by atoms with Gasteiger partial charge in [0.15, 0.2) is 5.78 Å². The first-order chi connectivity index (χ1) is 11.8. The van der Waals surface area contributed by atoms with E-state index in [0.717, 1.165) is 16.8 Å². The second-order valence-corrected chi connectivity index (χ2v) is 6.23. The third-order valence-corrected chi connectivity index (χ3v) is 4.87. The van der Waals surface area contributed by atoms with Gasteiger partial charge in [-0.05, 0) is 17.2 Å². The van der Waals surface area contributed by atoms with E-state index >= 15 is 0 Å². The Balaban J connectivity index is 1.85. The Morgan fingerprint density at radius 1 is 0.792 bits per heavy atom. The van der Waals surface area contributed by atoms with Crippen LogP contribution in [-0.2, 0) is 0 Å². The lowest BCUT2D eigenvalue weighted by Gasteiger charge is -2.27. The van der Waals surface area contributed by atoms with Crippen LogP contribution in [0.25, 0.3) is 0 Å². The van der Waals surface area contributed by atoms with E-state index in [0.29, 0.717) is 0 Å². The van der Waals surface area contributed by atoms with Gasteiger partial charge in [-0.1, -0.05) is 78.9 Å². The molecular weight excluding hydrogens is 294 g/mol. The zero-order chi connectivity index (χ0) is 16.5. The number of Topliss-reactive ketones (excluding diaryl/α,β-unsaturated/α-hetero) is 1. The van der Waals surface area contributed by atoms with Gasteiger partial charge in [-0.2, -0.15) is 0 Å². The summed E-state index contributed by atoms with van der Waals surface area (Å²) in [6, 6.07) is 28.2. The summed E-state index contributed by atoms with van der Waals surface area (Å²) in [5.74, 6) is -0.00254. The molecule has 0 aromatic heterocycles. The molecule has 0 N–H and O–H groups in total. The van der Waals surface area contributed by atoms with Crippen molar-refractivity contribution in [3.05, 3.63) is 102 Å². The topological polar surface area (TPSA) is 20.3 Å². The molecule has 0 spiro atoms. The summed E-state index contributed by atoms with van der Waals surface area (Å²) >= 11 is 0. The smallest absolute Gasteiger partial charge is 0.172 e. The van der Waals surface area contributed by atoms with Gasteiger partial charge in [-0.25, -0.2) is 0 Å². The number of hydrogen-bond donors (Lipinski definition) is 0. The van der Waals surface area contributed by atoms with Gasteiger partial charge in [-0.3, -0.25) is 4.79 Å². The van der Waals surface area contributed by atoms with Gasteiger partial charge in [-0.15, -0.1) is 0 Å². The minimum Gasteiger partial charge on any atom is -0.366 e. The standard InChI is InChI=1S/C22H19NO/c1-23-19-15-9-8-14-18(19)20(21(23)16-10-4-2-5-11-16)22(24)17-12-6-3-7-13-17/h2-15,20-21H,1H3. The highest BCUT2D eigenvalue weighted by molar-refractivity contribution is 6.03. The number of nitrogens with zero attached hydrogens (tertiary/aromatic N) is 1. The Morgan fingerprint density at radius 2 is 1.38 bits per heavy atom. The van der Waals surface area contributed by atoms with Crippen molar-refractivity contribution < 1.29 is 4.79 Å². The number of hydrogen-bond acceptors (Lipinski definition) is 2. The molecule has 1 aliphatic heterocycles. The molecule has 2 unspecified atom stereocenters. The van der Waals surface area contributed by atoms with Crippen LogP contribution in [0, 0.1) is 0 Å². The van der Waals surface area contributed by atoms with Gasteiger partial charge < -0.3 is 4.90 Å². The first-order valence-corrected chi connectivity index (χ1v) is 8.23. The molecule has 1 aliphatic rings. The summed E-state index contributed by atoms with van der Waals surface area (Å²) in [5, 5.41) is 0. The summed E-state index contributed by atoms with van der Waals surface area (Å²) in [7, 11) is 2.08. The average molecular weight is 313 g/mol. The number of carbonyl (C=O) groups is 1. The first kappa shape index (κ1) is 14.7. The van der Waals surface area contributed by atoms with E-state index < -0.39 is 0 Å². The molecular formula is C22H19NO. The highest BCUT2D eigenvalue weighted by Gasteiger charge is 2.41. The number of anilines is 1. The molecule has 0 amide bonds. The zero-order valence-electron chi connectivity index (χ0n) is 13.6. The molecule has 2 atom stereocenters. The molecule has 2 nitrogen and oxygen atoms in total. The SMILES string of the molecule is CN1c2ccccc2C(C(=O)c2ccccc2)C1c1ccccc1. The lowest BCUT2D eigenvalue weighted by Crippen LogP contribution is -2.26. The molecule has 3 aromatic rings. The van der Waals surface area contributed by atoms with Crippen LogP contribution in [0.2, 0.25) is 0 Å². The second kappa shape index (κ2) is 5.97. The van der Waals surface area contributed by atoms with Crippen molar-refractivity contribution in [2.75, 3.05) is 11.9 Å². The van der Waals surface area contributed by atoms with Gasteiger partial charge in [0, 0.05) is 18.3 Å². The van der Waals surface area contributed by atoms with E-state index in [-0.39, 0.29) is 17.7 Å². The van der Waals surface area contributed by atoms with E-state index in [2.05, 4.69) is 36.2 Å². The number of likely N-dealkylation sites (N-methyl/N-ethyl adjacent to an activating group) is 1. The van der Waals surface area contributed by atoms with Crippen LogP contribution >= 0.6 is 0 Å².